The lowest BCUT2D eigenvalue weighted by Gasteiger charge is -2.35. The van der Waals surface area contributed by atoms with E-state index in [1.165, 1.54) is 0 Å². The van der Waals surface area contributed by atoms with Gasteiger partial charge in [0.25, 0.3) is 0 Å². The largest absolute Gasteiger partial charge is 0.324 e. The van der Waals surface area contributed by atoms with E-state index in [2.05, 4.69) is 4.90 Å². The molecule has 1 atom stereocenters. The molecule has 0 aliphatic carbocycles. The first-order chi connectivity index (χ1) is 6.68. The van der Waals surface area contributed by atoms with Crippen LogP contribution in [-0.4, -0.2) is 43.7 Å². The predicted molar refractivity (Wildman–Crippen MR) is 68.1 cm³/mol. The first-order valence-electron chi connectivity index (χ1n) is 5.21. The lowest BCUT2D eigenvalue weighted by Crippen LogP contribution is -2.51. The smallest absolute Gasteiger partial charge is 0.213 e. The third kappa shape index (κ3) is 5.45. The Hall–Kier alpha value is 0.120. The molecule has 1 rings (SSSR count). The summed E-state index contributed by atoms with van der Waals surface area (Å²) in [4.78, 5) is 2.08. The SMILES string of the molecule is CC(C)(N)CN1CCCC(S(N)(=O)=O)C1.Cl. The molecule has 1 saturated heterocycles. The number of nitrogens with two attached hydrogens (primary N) is 2. The van der Waals surface area contributed by atoms with E-state index in [1.54, 1.807) is 0 Å². The molecule has 0 aromatic carbocycles. The molecule has 5 nitrogen and oxygen atoms in total. The molecule has 1 unspecified atom stereocenters. The Morgan fingerprint density at radius 3 is 2.44 bits per heavy atom. The van der Waals surface area contributed by atoms with E-state index in [4.69, 9.17) is 10.9 Å². The summed E-state index contributed by atoms with van der Waals surface area (Å²) < 4.78 is 22.4. The Balaban J connectivity index is 0.00000225. The lowest BCUT2D eigenvalue weighted by atomic mass is 10.0. The van der Waals surface area contributed by atoms with E-state index in [1.807, 2.05) is 13.8 Å². The van der Waals surface area contributed by atoms with Crippen LogP contribution < -0.4 is 10.9 Å². The number of rotatable bonds is 3. The molecule has 0 radical (unpaired) electrons. The highest BCUT2D eigenvalue weighted by Crippen LogP contribution is 2.16. The van der Waals surface area contributed by atoms with Gasteiger partial charge in [-0.1, -0.05) is 0 Å². The summed E-state index contributed by atoms with van der Waals surface area (Å²) in [5.74, 6) is 0. The Bertz CT molecular complexity index is 313. The van der Waals surface area contributed by atoms with Crippen molar-refractivity contribution in [2.75, 3.05) is 19.6 Å². The number of halogens is 1. The summed E-state index contributed by atoms with van der Waals surface area (Å²) >= 11 is 0. The van der Waals surface area contributed by atoms with E-state index in [9.17, 15) is 8.42 Å². The molecule has 0 spiro atoms. The van der Waals surface area contributed by atoms with E-state index < -0.39 is 15.3 Å². The first-order valence-corrected chi connectivity index (χ1v) is 6.82. The zero-order valence-electron chi connectivity index (χ0n) is 9.85. The van der Waals surface area contributed by atoms with Crippen LogP contribution in [0.1, 0.15) is 26.7 Å². The van der Waals surface area contributed by atoms with Crippen molar-refractivity contribution in [3.05, 3.63) is 0 Å². The minimum Gasteiger partial charge on any atom is -0.324 e. The molecule has 4 N–H and O–H groups in total. The number of hydrogen-bond acceptors (Lipinski definition) is 4. The van der Waals surface area contributed by atoms with Gasteiger partial charge < -0.3 is 10.6 Å². The van der Waals surface area contributed by atoms with Crippen molar-refractivity contribution in [1.29, 1.82) is 0 Å². The van der Waals surface area contributed by atoms with Gasteiger partial charge in [0.1, 0.15) is 0 Å². The Morgan fingerprint density at radius 2 is 2.00 bits per heavy atom. The topological polar surface area (TPSA) is 89.4 Å². The highest BCUT2D eigenvalue weighted by Gasteiger charge is 2.29. The van der Waals surface area contributed by atoms with E-state index in [-0.39, 0.29) is 17.9 Å². The van der Waals surface area contributed by atoms with Crippen LogP contribution >= 0.6 is 12.4 Å². The molecule has 7 heteroatoms. The lowest BCUT2D eigenvalue weighted by molar-refractivity contribution is 0.193. The molecule has 1 fully saturated rings. The molecular weight excluding hydrogens is 250 g/mol. The van der Waals surface area contributed by atoms with Crippen LogP contribution in [-0.2, 0) is 10.0 Å². The molecular formula is C9H22ClN3O2S. The fourth-order valence-corrected chi connectivity index (χ4v) is 2.92. The van der Waals surface area contributed by atoms with Gasteiger partial charge in [0, 0.05) is 18.6 Å². The number of primary sulfonamides is 1. The summed E-state index contributed by atoms with van der Waals surface area (Å²) in [6.07, 6.45) is 1.54. The Morgan fingerprint density at radius 1 is 1.44 bits per heavy atom. The Kier molecular flexibility index (Phi) is 5.68. The van der Waals surface area contributed by atoms with Crippen LogP contribution in [0.4, 0.5) is 0 Å². The van der Waals surface area contributed by atoms with Gasteiger partial charge in [0.05, 0.1) is 5.25 Å². The average Bonchev–Trinajstić information content (AvgIpc) is 1.99. The fourth-order valence-electron chi connectivity index (χ4n) is 2.00. The number of piperidine rings is 1. The third-order valence-corrected chi connectivity index (χ3v) is 3.87. The predicted octanol–water partition coefficient (Wildman–Crippen LogP) is -0.102. The molecule has 16 heavy (non-hydrogen) atoms. The van der Waals surface area contributed by atoms with Gasteiger partial charge in [-0.3, -0.25) is 0 Å². The standard InChI is InChI=1S/C9H21N3O2S.ClH/c1-9(2,10)7-12-5-3-4-8(6-12)15(11,13)14;/h8H,3-7,10H2,1-2H3,(H2,11,13,14);1H. The van der Waals surface area contributed by atoms with Gasteiger partial charge in [-0.05, 0) is 33.2 Å². The maximum atomic E-state index is 11.2. The van der Waals surface area contributed by atoms with Crippen LogP contribution in [0.3, 0.4) is 0 Å². The maximum Gasteiger partial charge on any atom is 0.213 e. The second-order valence-corrected chi connectivity index (χ2v) is 6.92. The van der Waals surface area contributed by atoms with Crippen LogP contribution in [0.2, 0.25) is 0 Å². The molecule has 0 aromatic rings. The summed E-state index contributed by atoms with van der Waals surface area (Å²) in [7, 11) is -3.40. The molecule has 0 aromatic heterocycles. The third-order valence-electron chi connectivity index (χ3n) is 2.56. The van der Waals surface area contributed by atoms with Gasteiger partial charge in [0.2, 0.25) is 10.0 Å². The fraction of sp³-hybridized carbons (Fsp3) is 1.00. The van der Waals surface area contributed by atoms with Crippen molar-refractivity contribution in [2.45, 2.75) is 37.5 Å². The van der Waals surface area contributed by atoms with Crippen LogP contribution in [0.25, 0.3) is 0 Å². The van der Waals surface area contributed by atoms with Crippen molar-refractivity contribution in [3.8, 4) is 0 Å². The van der Waals surface area contributed by atoms with Crippen molar-refractivity contribution in [2.24, 2.45) is 10.9 Å². The maximum absolute atomic E-state index is 11.2. The van der Waals surface area contributed by atoms with Crippen LogP contribution in [0.5, 0.6) is 0 Å². The van der Waals surface area contributed by atoms with Gasteiger partial charge >= 0.3 is 0 Å². The second-order valence-electron chi connectivity index (χ2n) is 5.08. The molecule has 1 aliphatic heterocycles. The first kappa shape index (κ1) is 16.1. The highest BCUT2D eigenvalue weighted by molar-refractivity contribution is 7.89. The Labute approximate surface area is 104 Å². The molecule has 0 bridgehead atoms. The van der Waals surface area contributed by atoms with E-state index in [0.717, 1.165) is 13.0 Å². The van der Waals surface area contributed by atoms with Crippen LogP contribution in [0.15, 0.2) is 0 Å². The number of hydrogen-bond donors (Lipinski definition) is 2. The minimum absolute atomic E-state index is 0. The number of likely N-dealkylation sites (tertiary alicyclic amines) is 1. The van der Waals surface area contributed by atoms with E-state index >= 15 is 0 Å². The summed E-state index contributed by atoms with van der Waals surface area (Å²) in [5.41, 5.74) is 5.61. The van der Waals surface area contributed by atoms with Crippen molar-refractivity contribution in [1.82, 2.24) is 4.90 Å². The molecule has 1 aliphatic rings. The number of nitrogens with zero attached hydrogens (tertiary/aromatic N) is 1. The summed E-state index contributed by atoms with van der Waals surface area (Å²) in [6, 6.07) is 0. The van der Waals surface area contributed by atoms with Crippen LogP contribution in [0, 0.1) is 0 Å². The van der Waals surface area contributed by atoms with Gasteiger partial charge in [0.15, 0.2) is 0 Å². The van der Waals surface area contributed by atoms with Gasteiger partial charge in [-0.25, -0.2) is 13.6 Å². The quantitative estimate of drug-likeness (QED) is 0.750. The number of sulfonamides is 1. The second kappa shape index (κ2) is 5.64. The van der Waals surface area contributed by atoms with Gasteiger partial charge in [-0.2, -0.15) is 0 Å². The zero-order valence-corrected chi connectivity index (χ0v) is 11.5. The van der Waals surface area contributed by atoms with Crippen molar-refractivity contribution in [3.63, 3.8) is 0 Å². The zero-order chi connectivity index (χ0) is 11.7. The molecule has 1 heterocycles. The minimum atomic E-state index is -3.40. The average molecular weight is 272 g/mol. The van der Waals surface area contributed by atoms with Gasteiger partial charge in [-0.15, -0.1) is 12.4 Å². The van der Waals surface area contributed by atoms with E-state index in [0.29, 0.717) is 19.5 Å². The highest BCUT2D eigenvalue weighted by atomic mass is 35.5. The summed E-state index contributed by atoms with van der Waals surface area (Å²) in [5, 5.41) is 4.73. The molecule has 98 valence electrons. The normalized spacial score (nSPS) is 23.9. The summed E-state index contributed by atoms with van der Waals surface area (Å²) in [6.45, 7) is 6.01. The monoisotopic (exact) mass is 271 g/mol. The van der Waals surface area contributed by atoms with Crippen molar-refractivity contribution >= 4 is 22.4 Å². The van der Waals surface area contributed by atoms with Crippen molar-refractivity contribution < 1.29 is 8.42 Å². The molecule has 0 saturated carbocycles. The molecule has 0 amide bonds.